The van der Waals surface area contributed by atoms with E-state index < -0.39 is 0 Å². The Bertz CT molecular complexity index is 1040. The molecule has 3 aromatic rings. The van der Waals surface area contributed by atoms with Gasteiger partial charge < -0.3 is 15.4 Å². The summed E-state index contributed by atoms with van der Waals surface area (Å²) in [4.78, 5) is 20.7. The number of nitrogens with zero attached hydrogens (tertiary/aromatic N) is 2. The minimum Gasteiger partial charge on any atom is -0.462 e. The van der Waals surface area contributed by atoms with Crippen molar-refractivity contribution in [1.29, 1.82) is 0 Å². The first-order chi connectivity index (χ1) is 13.5. The Morgan fingerprint density at radius 2 is 1.93 bits per heavy atom. The molecule has 5 nitrogen and oxygen atoms in total. The maximum atomic E-state index is 12.4. The molecule has 0 saturated heterocycles. The topological polar surface area (TPSA) is 68.5 Å². The molecule has 1 aliphatic rings. The lowest BCUT2D eigenvalue weighted by molar-refractivity contribution is 0.0533. The lowest BCUT2D eigenvalue weighted by Gasteiger charge is -2.21. The fraction of sp³-hybridized carbons (Fsp3) is 0.364. The quantitative estimate of drug-likeness (QED) is 0.650. The van der Waals surface area contributed by atoms with Crippen molar-refractivity contribution in [3.05, 3.63) is 40.4 Å². The predicted octanol–water partition coefficient (Wildman–Crippen LogP) is 4.67. The normalized spacial score (nSPS) is 13.4. The van der Waals surface area contributed by atoms with E-state index in [0.717, 1.165) is 58.4 Å². The zero-order valence-corrected chi connectivity index (χ0v) is 17.4. The molecule has 2 aromatic heterocycles. The van der Waals surface area contributed by atoms with Gasteiger partial charge in [0.15, 0.2) is 0 Å². The third-order valence-electron chi connectivity index (χ3n) is 5.29. The van der Waals surface area contributed by atoms with Gasteiger partial charge in [-0.25, -0.2) is 9.78 Å². The van der Waals surface area contributed by atoms with Crippen molar-refractivity contribution in [3.8, 4) is 11.1 Å². The smallest absolute Gasteiger partial charge is 0.350 e. The highest BCUT2D eigenvalue weighted by molar-refractivity contribution is 7.21. The molecule has 1 aliphatic carbocycles. The molecule has 0 unspecified atom stereocenters. The van der Waals surface area contributed by atoms with Crippen LogP contribution in [0.5, 0.6) is 0 Å². The fourth-order valence-corrected chi connectivity index (χ4v) is 4.92. The lowest BCUT2D eigenvalue weighted by atomic mass is 9.87. The standard InChI is InChI=1S/C22H25N3O2S/c1-4-27-22(26)20-19(23)18-17(13-9-11-14(12-10-13)25(2)3)15-7-5-6-8-16(15)24-21(18)28-20/h9-12H,4-8,23H2,1-3H3. The summed E-state index contributed by atoms with van der Waals surface area (Å²) in [6, 6.07) is 8.51. The molecule has 0 amide bonds. The van der Waals surface area contributed by atoms with Crippen LogP contribution in [0.3, 0.4) is 0 Å². The third kappa shape index (κ3) is 3.11. The SMILES string of the molecule is CCOC(=O)c1sc2nc3c(c(-c4ccc(N(C)C)cc4)c2c1N)CCCC3. The van der Waals surface area contributed by atoms with Gasteiger partial charge in [-0.05, 0) is 61.4 Å². The van der Waals surface area contributed by atoms with Crippen LogP contribution in [0.1, 0.15) is 40.7 Å². The number of fused-ring (bicyclic) bond motifs is 2. The lowest BCUT2D eigenvalue weighted by Crippen LogP contribution is -2.09. The summed E-state index contributed by atoms with van der Waals surface area (Å²) in [5.74, 6) is -0.366. The monoisotopic (exact) mass is 395 g/mol. The van der Waals surface area contributed by atoms with E-state index in [1.165, 1.54) is 16.9 Å². The van der Waals surface area contributed by atoms with Gasteiger partial charge in [-0.15, -0.1) is 11.3 Å². The van der Waals surface area contributed by atoms with Crippen LogP contribution >= 0.6 is 11.3 Å². The summed E-state index contributed by atoms with van der Waals surface area (Å²) < 4.78 is 5.21. The minimum atomic E-state index is -0.366. The molecule has 0 spiro atoms. The van der Waals surface area contributed by atoms with Crippen molar-refractivity contribution < 1.29 is 9.53 Å². The highest BCUT2D eigenvalue weighted by Crippen LogP contribution is 2.44. The summed E-state index contributed by atoms with van der Waals surface area (Å²) in [5.41, 5.74) is 12.8. The summed E-state index contributed by atoms with van der Waals surface area (Å²) >= 11 is 1.34. The van der Waals surface area contributed by atoms with Crippen molar-refractivity contribution >= 4 is 38.9 Å². The van der Waals surface area contributed by atoms with Crippen molar-refractivity contribution in [2.75, 3.05) is 31.3 Å². The number of thiophene rings is 1. The molecule has 0 atom stereocenters. The average molecular weight is 396 g/mol. The summed E-state index contributed by atoms with van der Waals surface area (Å²) in [6.07, 6.45) is 4.27. The number of nitrogen functional groups attached to an aromatic ring is 1. The number of anilines is 2. The Kier molecular flexibility index (Phi) is 4.98. The fourth-order valence-electron chi connectivity index (χ4n) is 3.90. The van der Waals surface area contributed by atoms with Gasteiger partial charge in [0, 0.05) is 30.9 Å². The number of aromatic nitrogens is 1. The van der Waals surface area contributed by atoms with Gasteiger partial charge in [-0.1, -0.05) is 12.1 Å². The summed E-state index contributed by atoms with van der Waals surface area (Å²) in [5, 5.41) is 0.895. The van der Waals surface area contributed by atoms with E-state index >= 15 is 0 Å². The van der Waals surface area contributed by atoms with Gasteiger partial charge in [0.1, 0.15) is 9.71 Å². The molecule has 28 heavy (non-hydrogen) atoms. The number of carbonyl (C=O) groups excluding carboxylic acids is 1. The Balaban J connectivity index is 1.97. The van der Waals surface area contributed by atoms with E-state index in [2.05, 4.69) is 29.2 Å². The molecule has 0 saturated carbocycles. The first kappa shape index (κ1) is 18.7. The second-order valence-electron chi connectivity index (χ2n) is 7.31. The second-order valence-corrected chi connectivity index (χ2v) is 8.31. The Hall–Kier alpha value is -2.60. The van der Waals surface area contributed by atoms with E-state index in [4.69, 9.17) is 15.5 Å². The van der Waals surface area contributed by atoms with Crippen LogP contribution < -0.4 is 10.6 Å². The van der Waals surface area contributed by atoms with Crippen molar-refractivity contribution in [2.45, 2.75) is 32.6 Å². The Morgan fingerprint density at radius 1 is 1.21 bits per heavy atom. The highest BCUT2D eigenvalue weighted by atomic mass is 32.1. The number of benzene rings is 1. The Morgan fingerprint density at radius 3 is 2.61 bits per heavy atom. The maximum Gasteiger partial charge on any atom is 0.350 e. The van der Waals surface area contributed by atoms with Crippen LogP contribution in [-0.4, -0.2) is 31.7 Å². The molecule has 0 aliphatic heterocycles. The highest BCUT2D eigenvalue weighted by Gasteiger charge is 2.26. The first-order valence-corrected chi connectivity index (χ1v) is 10.5. The van der Waals surface area contributed by atoms with Crippen LogP contribution in [0.2, 0.25) is 0 Å². The van der Waals surface area contributed by atoms with Crippen LogP contribution in [0.4, 0.5) is 11.4 Å². The summed E-state index contributed by atoms with van der Waals surface area (Å²) in [7, 11) is 4.06. The number of nitrogens with two attached hydrogens (primary N) is 1. The first-order valence-electron chi connectivity index (χ1n) is 9.69. The van der Waals surface area contributed by atoms with Gasteiger partial charge >= 0.3 is 5.97 Å². The number of ether oxygens (including phenoxy) is 1. The Labute approximate surface area is 169 Å². The number of carbonyl (C=O) groups is 1. The van der Waals surface area contributed by atoms with E-state index in [-0.39, 0.29) is 5.97 Å². The molecular weight excluding hydrogens is 370 g/mol. The van der Waals surface area contributed by atoms with Crippen molar-refractivity contribution in [3.63, 3.8) is 0 Å². The average Bonchev–Trinajstić information content (AvgIpc) is 3.03. The van der Waals surface area contributed by atoms with E-state index in [9.17, 15) is 4.79 Å². The number of hydrogen-bond acceptors (Lipinski definition) is 6. The second kappa shape index (κ2) is 7.43. The van der Waals surface area contributed by atoms with Gasteiger partial charge in [0.2, 0.25) is 0 Å². The van der Waals surface area contributed by atoms with Crippen LogP contribution in [-0.2, 0) is 17.6 Å². The van der Waals surface area contributed by atoms with E-state index in [1.54, 1.807) is 6.92 Å². The molecule has 4 rings (SSSR count). The molecule has 2 heterocycles. The molecule has 0 bridgehead atoms. The third-order valence-corrected chi connectivity index (χ3v) is 6.37. The maximum absolute atomic E-state index is 12.4. The summed E-state index contributed by atoms with van der Waals surface area (Å²) in [6.45, 7) is 2.13. The van der Waals surface area contributed by atoms with Crippen LogP contribution in [0.15, 0.2) is 24.3 Å². The van der Waals surface area contributed by atoms with Gasteiger partial charge in [-0.2, -0.15) is 0 Å². The number of pyridine rings is 1. The van der Waals surface area contributed by atoms with E-state index in [1.807, 2.05) is 14.1 Å². The van der Waals surface area contributed by atoms with Crippen molar-refractivity contribution in [2.24, 2.45) is 0 Å². The molecule has 0 radical (unpaired) electrons. The van der Waals surface area contributed by atoms with Crippen LogP contribution in [0.25, 0.3) is 21.3 Å². The molecule has 6 heteroatoms. The van der Waals surface area contributed by atoms with E-state index in [0.29, 0.717) is 17.2 Å². The number of rotatable bonds is 4. The molecule has 0 fully saturated rings. The van der Waals surface area contributed by atoms with Gasteiger partial charge in [0.25, 0.3) is 0 Å². The zero-order chi connectivity index (χ0) is 19.8. The minimum absolute atomic E-state index is 0.329. The molecule has 146 valence electrons. The predicted molar refractivity (Wildman–Crippen MR) is 116 cm³/mol. The van der Waals surface area contributed by atoms with Gasteiger partial charge in [0.05, 0.1) is 12.3 Å². The zero-order valence-electron chi connectivity index (χ0n) is 16.5. The van der Waals surface area contributed by atoms with Gasteiger partial charge in [-0.3, -0.25) is 0 Å². The number of hydrogen-bond donors (Lipinski definition) is 1. The number of esters is 1. The molecule has 1 aromatic carbocycles. The number of aryl methyl sites for hydroxylation is 1. The van der Waals surface area contributed by atoms with Crippen molar-refractivity contribution in [1.82, 2.24) is 4.98 Å². The van der Waals surface area contributed by atoms with Crippen LogP contribution in [0, 0.1) is 0 Å². The molecule has 2 N–H and O–H groups in total. The largest absolute Gasteiger partial charge is 0.462 e. The molecular formula is C22H25N3O2S.